The zero-order valence-electron chi connectivity index (χ0n) is 13.2. The van der Waals surface area contributed by atoms with Crippen molar-refractivity contribution in [2.45, 2.75) is 51.6 Å². The van der Waals surface area contributed by atoms with Gasteiger partial charge in [0.05, 0.1) is 6.61 Å². The molecule has 4 nitrogen and oxygen atoms in total. The van der Waals surface area contributed by atoms with E-state index in [2.05, 4.69) is 31.0 Å². The second-order valence-corrected chi connectivity index (χ2v) is 5.62. The standard InChI is InChI=1S/C15H32N2O2/c1-5-15(6-2)13-16-14(3)12-17(15)8-11-19-10-7-9-18-4/h14,16H,5-13H2,1-4H3. The second-order valence-electron chi connectivity index (χ2n) is 5.62. The predicted molar refractivity (Wildman–Crippen MR) is 79.7 cm³/mol. The summed E-state index contributed by atoms with van der Waals surface area (Å²) in [5, 5.41) is 3.62. The van der Waals surface area contributed by atoms with Crippen molar-refractivity contribution < 1.29 is 9.47 Å². The van der Waals surface area contributed by atoms with E-state index in [1.807, 2.05) is 0 Å². The molecule has 114 valence electrons. The first-order valence-electron chi connectivity index (χ1n) is 7.73. The first kappa shape index (κ1) is 16.9. The average molecular weight is 272 g/mol. The van der Waals surface area contributed by atoms with E-state index < -0.39 is 0 Å². The highest BCUT2D eigenvalue weighted by molar-refractivity contribution is 4.96. The zero-order chi connectivity index (χ0) is 14.1. The van der Waals surface area contributed by atoms with Gasteiger partial charge in [0.25, 0.3) is 0 Å². The topological polar surface area (TPSA) is 33.7 Å². The van der Waals surface area contributed by atoms with Gasteiger partial charge < -0.3 is 14.8 Å². The third-order valence-corrected chi connectivity index (χ3v) is 4.40. The minimum Gasteiger partial charge on any atom is -0.385 e. The van der Waals surface area contributed by atoms with Gasteiger partial charge in [-0.1, -0.05) is 13.8 Å². The van der Waals surface area contributed by atoms with Crippen molar-refractivity contribution in [2.24, 2.45) is 0 Å². The van der Waals surface area contributed by atoms with Crippen LogP contribution in [0.25, 0.3) is 0 Å². The fourth-order valence-corrected chi connectivity index (χ4v) is 2.92. The number of piperazine rings is 1. The molecule has 1 aliphatic rings. The highest BCUT2D eigenvalue weighted by Crippen LogP contribution is 2.26. The molecule has 0 radical (unpaired) electrons. The number of ether oxygens (including phenoxy) is 2. The summed E-state index contributed by atoms with van der Waals surface area (Å²) in [6, 6.07) is 0.583. The van der Waals surface area contributed by atoms with Crippen LogP contribution in [0.1, 0.15) is 40.0 Å². The number of rotatable bonds is 9. The van der Waals surface area contributed by atoms with E-state index >= 15 is 0 Å². The summed E-state index contributed by atoms with van der Waals surface area (Å²) in [5.74, 6) is 0. The molecule has 1 heterocycles. The van der Waals surface area contributed by atoms with Crippen molar-refractivity contribution in [3.8, 4) is 0 Å². The Morgan fingerprint density at radius 3 is 2.58 bits per heavy atom. The molecule has 0 amide bonds. The highest BCUT2D eigenvalue weighted by Gasteiger charge is 2.37. The van der Waals surface area contributed by atoms with Crippen molar-refractivity contribution in [1.29, 1.82) is 0 Å². The van der Waals surface area contributed by atoms with Crippen LogP contribution >= 0.6 is 0 Å². The highest BCUT2D eigenvalue weighted by atomic mass is 16.5. The lowest BCUT2D eigenvalue weighted by molar-refractivity contribution is 0.00464. The number of methoxy groups -OCH3 is 1. The van der Waals surface area contributed by atoms with E-state index in [1.165, 1.54) is 12.8 Å². The van der Waals surface area contributed by atoms with Crippen molar-refractivity contribution in [3.05, 3.63) is 0 Å². The molecular formula is C15H32N2O2. The maximum Gasteiger partial charge on any atom is 0.0593 e. The van der Waals surface area contributed by atoms with Gasteiger partial charge in [0, 0.05) is 51.5 Å². The largest absolute Gasteiger partial charge is 0.385 e. The van der Waals surface area contributed by atoms with Gasteiger partial charge in [-0.3, -0.25) is 4.90 Å². The van der Waals surface area contributed by atoms with Crippen LogP contribution < -0.4 is 5.32 Å². The summed E-state index contributed by atoms with van der Waals surface area (Å²) >= 11 is 0. The molecule has 0 aliphatic carbocycles. The summed E-state index contributed by atoms with van der Waals surface area (Å²) in [4.78, 5) is 2.63. The minimum atomic E-state index is 0.322. The summed E-state index contributed by atoms with van der Waals surface area (Å²) in [6.07, 6.45) is 3.39. The molecule has 1 saturated heterocycles. The Kier molecular flexibility index (Phi) is 7.91. The van der Waals surface area contributed by atoms with Gasteiger partial charge in [-0.05, 0) is 26.2 Å². The van der Waals surface area contributed by atoms with Crippen LogP contribution in [-0.4, -0.2) is 63.0 Å². The lowest BCUT2D eigenvalue weighted by Gasteiger charge is -2.49. The lowest BCUT2D eigenvalue weighted by atomic mass is 9.87. The van der Waals surface area contributed by atoms with Crippen molar-refractivity contribution in [1.82, 2.24) is 10.2 Å². The Balaban J connectivity index is 2.34. The molecule has 19 heavy (non-hydrogen) atoms. The molecule has 0 aromatic rings. The Morgan fingerprint density at radius 1 is 1.21 bits per heavy atom. The van der Waals surface area contributed by atoms with Gasteiger partial charge in [0.2, 0.25) is 0 Å². The normalized spacial score (nSPS) is 23.7. The Hall–Kier alpha value is -0.160. The maximum atomic E-state index is 5.71. The second kappa shape index (κ2) is 8.90. The summed E-state index contributed by atoms with van der Waals surface area (Å²) < 4.78 is 10.7. The SMILES string of the molecule is CCC1(CC)CNC(C)CN1CCOCCCOC. The predicted octanol–water partition coefficient (Wildman–Crippen LogP) is 1.89. The van der Waals surface area contributed by atoms with Crippen LogP contribution in [0.2, 0.25) is 0 Å². The fourth-order valence-electron chi connectivity index (χ4n) is 2.92. The quantitative estimate of drug-likeness (QED) is 0.650. The van der Waals surface area contributed by atoms with Gasteiger partial charge in [-0.25, -0.2) is 0 Å². The van der Waals surface area contributed by atoms with Crippen LogP contribution in [0.15, 0.2) is 0 Å². The van der Waals surface area contributed by atoms with Crippen LogP contribution in [-0.2, 0) is 9.47 Å². The van der Waals surface area contributed by atoms with Crippen LogP contribution in [0.4, 0.5) is 0 Å². The molecule has 0 bridgehead atoms. The first-order valence-corrected chi connectivity index (χ1v) is 7.73. The first-order chi connectivity index (χ1) is 9.18. The van der Waals surface area contributed by atoms with Crippen LogP contribution in [0.5, 0.6) is 0 Å². The molecule has 0 spiro atoms. The molecule has 1 unspecified atom stereocenters. The van der Waals surface area contributed by atoms with Gasteiger partial charge >= 0.3 is 0 Å². The number of hydrogen-bond acceptors (Lipinski definition) is 4. The third kappa shape index (κ3) is 5.03. The maximum absolute atomic E-state index is 5.71. The zero-order valence-corrected chi connectivity index (χ0v) is 13.2. The number of nitrogens with zero attached hydrogens (tertiary/aromatic N) is 1. The molecule has 1 aliphatic heterocycles. The molecule has 0 aromatic carbocycles. The van der Waals surface area contributed by atoms with Gasteiger partial charge in [0.15, 0.2) is 0 Å². The molecule has 1 fully saturated rings. The monoisotopic (exact) mass is 272 g/mol. The Morgan fingerprint density at radius 2 is 1.95 bits per heavy atom. The lowest BCUT2D eigenvalue weighted by Crippen LogP contribution is -2.64. The van der Waals surface area contributed by atoms with Crippen molar-refractivity contribution in [3.63, 3.8) is 0 Å². The molecule has 1 N–H and O–H groups in total. The molecule has 0 aromatic heterocycles. The van der Waals surface area contributed by atoms with Gasteiger partial charge in [-0.2, -0.15) is 0 Å². The number of nitrogens with one attached hydrogen (secondary N) is 1. The van der Waals surface area contributed by atoms with Crippen molar-refractivity contribution >= 4 is 0 Å². The number of hydrogen-bond donors (Lipinski definition) is 1. The van der Waals surface area contributed by atoms with Crippen molar-refractivity contribution in [2.75, 3.05) is 46.6 Å². The van der Waals surface area contributed by atoms with E-state index in [0.29, 0.717) is 11.6 Å². The molecule has 1 atom stereocenters. The van der Waals surface area contributed by atoms with Crippen LogP contribution in [0, 0.1) is 0 Å². The Bertz CT molecular complexity index is 232. The van der Waals surface area contributed by atoms with Gasteiger partial charge in [0.1, 0.15) is 0 Å². The summed E-state index contributed by atoms with van der Waals surface area (Å²) in [7, 11) is 1.74. The van der Waals surface area contributed by atoms with E-state index in [1.54, 1.807) is 7.11 Å². The van der Waals surface area contributed by atoms with E-state index in [4.69, 9.17) is 9.47 Å². The van der Waals surface area contributed by atoms with E-state index in [0.717, 1.165) is 45.9 Å². The smallest absolute Gasteiger partial charge is 0.0593 e. The molecular weight excluding hydrogens is 240 g/mol. The fraction of sp³-hybridized carbons (Fsp3) is 1.00. The van der Waals surface area contributed by atoms with E-state index in [-0.39, 0.29) is 0 Å². The molecule has 4 heteroatoms. The van der Waals surface area contributed by atoms with Gasteiger partial charge in [-0.15, -0.1) is 0 Å². The summed E-state index contributed by atoms with van der Waals surface area (Å²) in [6.45, 7) is 12.6. The average Bonchev–Trinajstić information content (AvgIpc) is 2.43. The Labute approximate surface area is 118 Å². The third-order valence-electron chi connectivity index (χ3n) is 4.40. The van der Waals surface area contributed by atoms with Crippen LogP contribution in [0.3, 0.4) is 0 Å². The molecule has 1 rings (SSSR count). The van der Waals surface area contributed by atoms with E-state index in [9.17, 15) is 0 Å². The minimum absolute atomic E-state index is 0.322. The molecule has 0 saturated carbocycles. The summed E-state index contributed by atoms with van der Waals surface area (Å²) in [5.41, 5.74) is 0.322.